The fourth-order valence-electron chi connectivity index (χ4n) is 1.48. The molecule has 17 heavy (non-hydrogen) atoms. The van der Waals surface area contributed by atoms with Gasteiger partial charge in [-0.05, 0) is 44.7 Å². The molecular weight excluding hydrogens is 212 g/mol. The van der Waals surface area contributed by atoms with Crippen molar-refractivity contribution in [2.24, 2.45) is 11.1 Å². The van der Waals surface area contributed by atoms with Crippen molar-refractivity contribution in [3.05, 3.63) is 0 Å². The molecule has 1 heterocycles. The zero-order valence-corrected chi connectivity index (χ0v) is 12.2. The van der Waals surface area contributed by atoms with Crippen LogP contribution in [0.4, 0.5) is 0 Å². The predicted molar refractivity (Wildman–Crippen MR) is 75.1 cm³/mol. The zero-order chi connectivity index (χ0) is 13.3. The van der Waals surface area contributed by atoms with Crippen molar-refractivity contribution in [2.75, 3.05) is 26.2 Å². The minimum absolute atomic E-state index is 0.278. The topological polar surface area (TPSA) is 49.5 Å². The average molecular weight is 244 g/mol. The summed E-state index contributed by atoms with van der Waals surface area (Å²) in [5.41, 5.74) is 5.85. The second-order valence-corrected chi connectivity index (χ2v) is 6.13. The van der Waals surface area contributed by atoms with E-state index in [0.717, 1.165) is 13.0 Å². The third kappa shape index (κ3) is 9.57. The Balaban J connectivity index is 0.000000325. The highest BCUT2D eigenvalue weighted by molar-refractivity contribution is 4.71. The molecule has 1 rings (SSSR count). The molecule has 0 bridgehead atoms. The summed E-state index contributed by atoms with van der Waals surface area (Å²) in [7, 11) is 0. The lowest BCUT2D eigenvalue weighted by Gasteiger charge is -2.25. The van der Waals surface area contributed by atoms with Crippen molar-refractivity contribution in [3.8, 4) is 0 Å². The Morgan fingerprint density at radius 1 is 1.18 bits per heavy atom. The number of nitrogens with zero attached hydrogens (tertiary/aromatic N) is 1. The Labute approximate surface area is 107 Å². The predicted octanol–water partition coefficient (Wildman–Crippen LogP) is 2.23. The fourth-order valence-corrected chi connectivity index (χ4v) is 1.48. The first kappa shape index (κ1) is 16.9. The molecule has 1 fully saturated rings. The standard InChI is InChI=1S/C8H17NO.C6H15N/c10-8-4-7-9-5-2-1-3-6-9;1-5(7)6(2,3)4/h10H,1-8H2;5H,7H2,1-4H3/t;5-/m.0/s1. The van der Waals surface area contributed by atoms with Crippen molar-refractivity contribution in [1.82, 2.24) is 4.90 Å². The number of hydrogen-bond acceptors (Lipinski definition) is 3. The molecule has 0 radical (unpaired) electrons. The molecule has 1 aliphatic rings. The number of rotatable bonds is 3. The van der Waals surface area contributed by atoms with E-state index in [4.69, 9.17) is 10.8 Å². The molecule has 0 saturated carbocycles. The second-order valence-electron chi connectivity index (χ2n) is 6.13. The number of aliphatic hydroxyl groups is 1. The van der Waals surface area contributed by atoms with Gasteiger partial charge >= 0.3 is 0 Å². The number of likely N-dealkylation sites (tertiary alicyclic amines) is 1. The van der Waals surface area contributed by atoms with Crippen molar-refractivity contribution in [1.29, 1.82) is 0 Å². The van der Waals surface area contributed by atoms with Gasteiger partial charge in [-0.2, -0.15) is 0 Å². The lowest BCUT2D eigenvalue weighted by Crippen LogP contribution is -2.31. The average Bonchev–Trinajstić information content (AvgIpc) is 2.27. The normalized spacial score (nSPS) is 19.4. The van der Waals surface area contributed by atoms with Crippen LogP contribution in [0.3, 0.4) is 0 Å². The van der Waals surface area contributed by atoms with Crippen LogP contribution in [0.5, 0.6) is 0 Å². The maximum atomic E-state index is 8.57. The van der Waals surface area contributed by atoms with Gasteiger partial charge < -0.3 is 15.7 Å². The molecule has 0 spiro atoms. The van der Waals surface area contributed by atoms with Crippen LogP contribution in [0.15, 0.2) is 0 Å². The number of hydrogen-bond donors (Lipinski definition) is 2. The SMILES string of the molecule is C[C@H](N)C(C)(C)C.OCCCN1CCCCC1. The highest BCUT2D eigenvalue weighted by atomic mass is 16.3. The van der Waals surface area contributed by atoms with E-state index in [-0.39, 0.29) is 5.41 Å². The van der Waals surface area contributed by atoms with Gasteiger partial charge in [-0.3, -0.25) is 0 Å². The van der Waals surface area contributed by atoms with Crippen LogP contribution in [-0.2, 0) is 0 Å². The van der Waals surface area contributed by atoms with Crippen LogP contribution in [0.2, 0.25) is 0 Å². The van der Waals surface area contributed by atoms with Gasteiger partial charge in [-0.1, -0.05) is 27.2 Å². The molecule has 3 nitrogen and oxygen atoms in total. The molecule has 104 valence electrons. The summed E-state index contributed by atoms with van der Waals surface area (Å²) in [4.78, 5) is 2.44. The summed E-state index contributed by atoms with van der Waals surface area (Å²) in [6.07, 6.45) is 5.05. The highest BCUT2D eigenvalue weighted by Gasteiger charge is 2.14. The number of piperidine rings is 1. The lowest BCUT2D eigenvalue weighted by molar-refractivity contribution is 0.198. The zero-order valence-electron chi connectivity index (χ0n) is 12.2. The van der Waals surface area contributed by atoms with Crippen LogP contribution in [0, 0.1) is 5.41 Å². The highest BCUT2D eigenvalue weighted by Crippen LogP contribution is 2.15. The fraction of sp³-hybridized carbons (Fsp3) is 1.00. The molecule has 0 unspecified atom stereocenters. The van der Waals surface area contributed by atoms with Gasteiger partial charge in [0.2, 0.25) is 0 Å². The molecule has 1 saturated heterocycles. The summed E-state index contributed by atoms with van der Waals surface area (Å²) in [6, 6.07) is 0.299. The summed E-state index contributed by atoms with van der Waals surface area (Å²) < 4.78 is 0. The Morgan fingerprint density at radius 2 is 1.65 bits per heavy atom. The second kappa shape index (κ2) is 8.90. The van der Waals surface area contributed by atoms with Gasteiger partial charge in [0.25, 0.3) is 0 Å². The van der Waals surface area contributed by atoms with Crippen LogP contribution >= 0.6 is 0 Å². The van der Waals surface area contributed by atoms with E-state index in [1.165, 1.54) is 32.4 Å². The first-order valence-electron chi connectivity index (χ1n) is 6.96. The van der Waals surface area contributed by atoms with E-state index in [2.05, 4.69) is 25.7 Å². The smallest absolute Gasteiger partial charge is 0.0443 e. The first-order chi connectivity index (χ1) is 7.88. The number of nitrogens with two attached hydrogens (primary N) is 1. The van der Waals surface area contributed by atoms with E-state index in [9.17, 15) is 0 Å². The molecule has 1 atom stereocenters. The maximum Gasteiger partial charge on any atom is 0.0443 e. The Kier molecular flexibility index (Phi) is 8.83. The molecule has 3 heteroatoms. The van der Waals surface area contributed by atoms with Crippen LogP contribution < -0.4 is 5.73 Å². The van der Waals surface area contributed by atoms with Crippen molar-refractivity contribution in [2.45, 2.75) is 59.4 Å². The molecule has 0 aromatic rings. The molecule has 0 aromatic heterocycles. The van der Waals surface area contributed by atoms with E-state index in [1.54, 1.807) is 0 Å². The van der Waals surface area contributed by atoms with E-state index in [1.807, 2.05) is 6.92 Å². The Bertz CT molecular complexity index is 170. The van der Waals surface area contributed by atoms with Crippen molar-refractivity contribution >= 4 is 0 Å². The van der Waals surface area contributed by atoms with Gasteiger partial charge in [-0.15, -0.1) is 0 Å². The van der Waals surface area contributed by atoms with E-state index < -0.39 is 0 Å². The van der Waals surface area contributed by atoms with Crippen molar-refractivity contribution < 1.29 is 5.11 Å². The quantitative estimate of drug-likeness (QED) is 0.800. The minimum atomic E-state index is 0.278. The summed E-state index contributed by atoms with van der Waals surface area (Å²) in [6.45, 7) is 12.4. The van der Waals surface area contributed by atoms with Crippen LogP contribution in [0.1, 0.15) is 53.4 Å². The van der Waals surface area contributed by atoms with Gasteiger partial charge in [0.15, 0.2) is 0 Å². The number of aliphatic hydroxyl groups excluding tert-OH is 1. The first-order valence-corrected chi connectivity index (χ1v) is 6.96. The molecular formula is C14H32N2O. The van der Waals surface area contributed by atoms with Crippen molar-refractivity contribution in [3.63, 3.8) is 0 Å². The van der Waals surface area contributed by atoms with E-state index >= 15 is 0 Å². The summed E-state index contributed by atoms with van der Waals surface area (Å²) in [5.74, 6) is 0. The van der Waals surface area contributed by atoms with Crippen LogP contribution in [-0.4, -0.2) is 42.3 Å². The summed E-state index contributed by atoms with van der Waals surface area (Å²) in [5, 5.41) is 8.57. The molecule has 1 aliphatic heterocycles. The Morgan fingerprint density at radius 3 is 2.00 bits per heavy atom. The third-order valence-corrected chi connectivity index (χ3v) is 3.45. The molecule has 3 N–H and O–H groups in total. The monoisotopic (exact) mass is 244 g/mol. The lowest BCUT2D eigenvalue weighted by atomic mass is 9.89. The largest absolute Gasteiger partial charge is 0.396 e. The third-order valence-electron chi connectivity index (χ3n) is 3.45. The van der Waals surface area contributed by atoms with Crippen LogP contribution in [0.25, 0.3) is 0 Å². The van der Waals surface area contributed by atoms with Gasteiger partial charge in [0.05, 0.1) is 0 Å². The molecule has 0 aliphatic carbocycles. The summed E-state index contributed by atoms with van der Waals surface area (Å²) >= 11 is 0. The van der Waals surface area contributed by atoms with E-state index in [0.29, 0.717) is 12.6 Å². The minimum Gasteiger partial charge on any atom is -0.396 e. The Hall–Kier alpha value is -0.120. The van der Waals surface area contributed by atoms with Gasteiger partial charge in [-0.25, -0.2) is 0 Å². The maximum absolute atomic E-state index is 8.57. The molecule has 0 aromatic carbocycles. The molecule has 0 amide bonds. The van der Waals surface area contributed by atoms with Gasteiger partial charge in [0, 0.05) is 19.2 Å². The van der Waals surface area contributed by atoms with Gasteiger partial charge in [0.1, 0.15) is 0 Å².